The van der Waals surface area contributed by atoms with E-state index in [1.54, 1.807) is 31.2 Å². The Morgan fingerprint density at radius 2 is 1.94 bits per heavy atom. The molecule has 3 rings (SSSR count). The van der Waals surface area contributed by atoms with Gasteiger partial charge in [0.25, 0.3) is 0 Å². The topological polar surface area (TPSA) is 120 Å². The number of hydrogen-bond donors (Lipinski definition) is 1. The summed E-state index contributed by atoms with van der Waals surface area (Å²) >= 11 is 0. The van der Waals surface area contributed by atoms with E-state index >= 15 is 0 Å². The van der Waals surface area contributed by atoms with Crippen molar-refractivity contribution in [1.29, 1.82) is 5.26 Å². The summed E-state index contributed by atoms with van der Waals surface area (Å²) in [7, 11) is -1.87. The van der Waals surface area contributed by atoms with Gasteiger partial charge in [-0.05, 0) is 37.2 Å². The Morgan fingerprint density at radius 1 is 1.24 bits per heavy atom. The van der Waals surface area contributed by atoms with Crippen LogP contribution in [0.2, 0.25) is 18.1 Å². The molecule has 176 valence electrons. The van der Waals surface area contributed by atoms with Crippen molar-refractivity contribution >= 4 is 20.1 Å². The number of carbonyl (C=O) groups is 1. The smallest absolute Gasteiger partial charge is 0.347 e. The number of rotatable bonds is 7. The van der Waals surface area contributed by atoms with Gasteiger partial charge in [-0.25, -0.2) is 9.78 Å². The highest BCUT2D eigenvalue weighted by molar-refractivity contribution is 6.74. The number of ether oxygens (including phenoxy) is 2. The molecule has 0 atom stereocenters. The third kappa shape index (κ3) is 5.52. The molecule has 2 aromatic rings. The van der Waals surface area contributed by atoms with E-state index in [9.17, 15) is 10.1 Å². The fourth-order valence-corrected chi connectivity index (χ4v) is 4.63. The van der Waals surface area contributed by atoms with Gasteiger partial charge in [0.2, 0.25) is 5.88 Å². The number of nitrogens with two attached hydrogens (primary N) is 1. The monoisotopic (exact) mass is 468 g/mol. The van der Waals surface area contributed by atoms with Crippen LogP contribution in [-0.2, 0) is 9.16 Å². The zero-order chi connectivity index (χ0) is 24.4. The van der Waals surface area contributed by atoms with Gasteiger partial charge in [-0.2, -0.15) is 10.2 Å². The minimum absolute atomic E-state index is 0.0193. The molecule has 1 saturated carbocycles. The van der Waals surface area contributed by atoms with Crippen LogP contribution in [0.15, 0.2) is 24.3 Å². The summed E-state index contributed by atoms with van der Waals surface area (Å²) in [6.45, 7) is 13.0. The maximum atomic E-state index is 12.6. The first-order chi connectivity index (χ1) is 15.4. The van der Waals surface area contributed by atoms with Crippen LogP contribution in [0.3, 0.4) is 0 Å². The lowest BCUT2D eigenvalue weighted by atomic mass is 9.92. The molecule has 1 aliphatic carbocycles. The molecule has 1 aliphatic rings. The fourth-order valence-electron chi connectivity index (χ4n) is 3.26. The molecule has 33 heavy (non-hydrogen) atoms. The Kier molecular flexibility index (Phi) is 7.10. The van der Waals surface area contributed by atoms with Crippen LogP contribution in [0.1, 0.15) is 56.5 Å². The maximum absolute atomic E-state index is 12.6. The lowest BCUT2D eigenvalue weighted by molar-refractivity contribution is -0.00600. The summed E-state index contributed by atoms with van der Waals surface area (Å²) in [5.41, 5.74) is 7.23. The fraction of sp³-hybridized carbons (Fsp3) is 0.500. The quantitative estimate of drug-likeness (QED) is 0.458. The van der Waals surface area contributed by atoms with Gasteiger partial charge in [-0.1, -0.05) is 32.9 Å². The molecule has 9 heteroatoms. The van der Waals surface area contributed by atoms with Crippen molar-refractivity contribution in [2.45, 2.75) is 70.9 Å². The minimum atomic E-state index is -1.87. The molecule has 0 amide bonds. The third-order valence-corrected chi connectivity index (χ3v) is 10.8. The lowest BCUT2D eigenvalue weighted by Gasteiger charge is -2.44. The highest BCUT2D eigenvalue weighted by atomic mass is 28.4. The van der Waals surface area contributed by atoms with E-state index in [2.05, 4.69) is 49.9 Å². The second kappa shape index (κ2) is 9.49. The average Bonchev–Trinajstić information content (AvgIpc) is 2.71. The number of anilines is 1. The first kappa shape index (κ1) is 24.7. The van der Waals surface area contributed by atoms with E-state index in [1.807, 2.05) is 0 Å². The summed E-state index contributed by atoms with van der Waals surface area (Å²) in [4.78, 5) is 21.3. The van der Waals surface area contributed by atoms with E-state index in [0.717, 1.165) is 0 Å². The molecule has 0 aliphatic heterocycles. The predicted molar refractivity (Wildman–Crippen MR) is 128 cm³/mol. The van der Waals surface area contributed by atoms with Crippen molar-refractivity contribution in [2.24, 2.45) is 0 Å². The van der Waals surface area contributed by atoms with E-state index in [1.165, 1.54) is 0 Å². The summed E-state index contributed by atoms with van der Waals surface area (Å²) in [6, 6.07) is 8.96. The van der Waals surface area contributed by atoms with Crippen LogP contribution in [0.25, 0.3) is 11.4 Å². The maximum Gasteiger partial charge on any atom is 0.347 e. The number of nitrogens with zero attached hydrogens (tertiary/aromatic N) is 3. The molecule has 1 aromatic carbocycles. The molecular formula is C24H32N4O4Si. The highest BCUT2D eigenvalue weighted by Crippen LogP contribution is 2.41. The van der Waals surface area contributed by atoms with Crippen LogP contribution in [-0.4, -0.2) is 43.1 Å². The van der Waals surface area contributed by atoms with Crippen molar-refractivity contribution in [1.82, 2.24) is 9.97 Å². The number of hydrogen-bond acceptors (Lipinski definition) is 8. The number of benzene rings is 1. The Hall–Kier alpha value is -2.96. The van der Waals surface area contributed by atoms with Crippen molar-refractivity contribution in [2.75, 3.05) is 12.3 Å². The SMILES string of the molecule is CCOC(=O)c1c(N)nc(-c2cccc(C#N)c2)nc1OC1CC(O[Si](C)(C)C(C)(C)C)C1. The Morgan fingerprint density at radius 3 is 2.55 bits per heavy atom. The molecule has 0 radical (unpaired) electrons. The van der Waals surface area contributed by atoms with Crippen LogP contribution < -0.4 is 10.5 Å². The summed E-state index contributed by atoms with van der Waals surface area (Å²) in [6.07, 6.45) is 1.38. The molecule has 0 saturated heterocycles. The number of esters is 1. The largest absolute Gasteiger partial charge is 0.473 e. The van der Waals surface area contributed by atoms with Crippen LogP contribution in [0, 0.1) is 11.3 Å². The molecule has 1 fully saturated rings. The van der Waals surface area contributed by atoms with Gasteiger partial charge < -0.3 is 19.6 Å². The Labute approximate surface area is 196 Å². The molecule has 1 heterocycles. The van der Waals surface area contributed by atoms with E-state index < -0.39 is 14.3 Å². The van der Waals surface area contributed by atoms with Crippen LogP contribution >= 0.6 is 0 Å². The molecule has 1 aromatic heterocycles. The first-order valence-corrected chi connectivity index (χ1v) is 14.1. The average molecular weight is 469 g/mol. The lowest BCUT2D eigenvalue weighted by Crippen LogP contribution is -2.50. The standard InChI is InChI=1S/C24H32N4O4Si/c1-7-30-23(29)19-20(26)27-21(16-10-8-9-15(11-16)14-25)28-22(19)31-17-12-18(13-17)32-33(5,6)24(2,3)4/h8-11,17-18H,7,12-13H2,1-6H3,(H2,26,27,28). The number of nitrogen functional groups attached to an aromatic ring is 1. The summed E-state index contributed by atoms with van der Waals surface area (Å²) in [5, 5.41) is 9.33. The zero-order valence-corrected chi connectivity index (χ0v) is 21.1. The second-order valence-corrected chi connectivity index (χ2v) is 14.5. The van der Waals surface area contributed by atoms with Gasteiger partial charge >= 0.3 is 5.97 Å². The van der Waals surface area contributed by atoms with Gasteiger partial charge in [0.1, 0.15) is 11.9 Å². The molecular weight excluding hydrogens is 436 g/mol. The van der Waals surface area contributed by atoms with Crippen LogP contribution in [0.5, 0.6) is 5.88 Å². The molecule has 8 nitrogen and oxygen atoms in total. The Balaban J connectivity index is 1.84. The predicted octanol–water partition coefficient (Wildman–Crippen LogP) is 4.71. The summed E-state index contributed by atoms with van der Waals surface area (Å²) in [5.74, 6) is -0.282. The van der Waals surface area contributed by atoms with E-state index in [4.69, 9.17) is 19.6 Å². The normalized spacial score (nSPS) is 18.2. The Bertz CT molecular complexity index is 1070. The first-order valence-electron chi connectivity index (χ1n) is 11.1. The number of aromatic nitrogens is 2. The van der Waals surface area contributed by atoms with Gasteiger partial charge in [0.15, 0.2) is 19.7 Å². The van der Waals surface area contributed by atoms with E-state index in [0.29, 0.717) is 24.0 Å². The van der Waals surface area contributed by atoms with Gasteiger partial charge in [-0.3, -0.25) is 0 Å². The minimum Gasteiger partial charge on any atom is -0.473 e. The molecule has 2 N–H and O–H groups in total. The van der Waals surface area contributed by atoms with Crippen molar-refractivity contribution in [3.63, 3.8) is 0 Å². The zero-order valence-electron chi connectivity index (χ0n) is 20.1. The molecule has 0 spiro atoms. The summed E-state index contributed by atoms with van der Waals surface area (Å²) < 4.78 is 17.7. The van der Waals surface area contributed by atoms with E-state index in [-0.39, 0.29) is 46.9 Å². The van der Waals surface area contributed by atoms with Gasteiger partial charge in [0.05, 0.1) is 24.3 Å². The van der Waals surface area contributed by atoms with Crippen molar-refractivity contribution in [3.05, 3.63) is 35.4 Å². The second-order valence-electron chi connectivity index (χ2n) is 9.74. The molecule has 0 bridgehead atoms. The van der Waals surface area contributed by atoms with Crippen molar-refractivity contribution in [3.8, 4) is 23.3 Å². The number of nitriles is 1. The van der Waals surface area contributed by atoms with Crippen molar-refractivity contribution < 1.29 is 18.7 Å². The van der Waals surface area contributed by atoms with Gasteiger partial charge in [-0.15, -0.1) is 0 Å². The highest BCUT2D eigenvalue weighted by Gasteiger charge is 2.43. The van der Waals surface area contributed by atoms with Crippen LogP contribution in [0.4, 0.5) is 5.82 Å². The third-order valence-electron chi connectivity index (χ3n) is 6.23. The van der Waals surface area contributed by atoms with Gasteiger partial charge in [0, 0.05) is 18.4 Å². The number of carbonyl (C=O) groups excluding carboxylic acids is 1. The molecule has 0 unspecified atom stereocenters.